The summed E-state index contributed by atoms with van der Waals surface area (Å²) in [5, 5.41) is 13.9. The molecule has 0 saturated heterocycles. The Labute approximate surface area is 145 Å². The second-order valence-corrected chi connectivity index (χ2v) is 5.93. The molecule has 0 radical (unpaired) electrons. The van der Waals surface area contributed by atoms with E-state index >= 15 is 0 Å². The SMILES string of the molecule is C=CC.CCCCCCCCCCCCCCCC.O=C(O)O. The fourth-order valence-corrected chi connectivity index (χ4v) is 2.27. The van der Waals surface area contributed by atoms with E-state index in [0.717, 1.165) is 0 Å². The van der Waals surface area contributed by atoms with Gasteiger partial charge in [0.2, 0.25) is 0 Å². The number of carboxylic acid groups (broad SMARTS) is 2. The molecule has 0 spiro atoms. The maximum atomic E-state index is 8.56. The molecule has 0 atom stereocenters. The third-order valence-electron chi connectivity index (χ3n) is 3.46. The van der Waals surface area contributed by atoms with Gasteiger partial charge in [0, 0.05) is 0 Å². The number of hydrogen-bond donors (Lipinski definition) is 2. The van der Waals surface area contributed by atoms with Crippen LogP contribution in [0.15, 0.2) is 12.7 Å². The van der Waals surface area contributed by atoms with Gasteiger partial charge in [0.05, 0.1) is 0 Å². The van der Waals surface area contributed by atoms with Crippen molar-refractivity contribution in [1.82, 2.24) is 0 Å². The Morgan fingerprint density at radius 3 is 0.957 bits per heavy atom. The molecule has 0 amide bonds. The summed E-state index contributed by atoms with van der Waals surface area (Å²) in [6, 6.07) is 0. The summed E-state index contributed by atoms with van der Waals surface area (Å²) in [4.78, 5) is 8.56. The monoisotopic (exact) mass is 330 g/mol. The van der Waals surface area contributed by atoms with Crippen LogP contribution < -0.4 is 0 Å². The minimum Gasteiger partial charge on any atom is -0.450 e. The van der Waals surface area contributed by atoms with Gasteiger partial charge in [0.25, 0.3) is 0 Å². The molecule has 0 aromatic rings. The normalized spacial score (nSPS) is 9.17. The first-order chi connectivity index (χ1) is 11.1. The Morgan fingerprint density at radius 2 is 0.826 bits per heavy atom. The lowest BCUT2D eigenvalue weighted by Gasteiger charge is -2.02. The van der Waals surface area contributed by atoms with E-state index in [1.165, 1.54) is 89.9 Å². The second kappa shape index (κ2) is 29.1. The van der Waals surface area contributed by atoms with Crippen molar-refractivity contribution >= 4 is 6.16 Å². The van der Waals surface area contributed by atoms with Crippen LogP contribution in [0.5, 0.6) is 0 Å². The second-order valence-electron chi connectivity index (χ2n) is 5.93. The maximum absolute atomic E-state index is 8.56. The zero-order valence-electron chi connectivity index (χ0n) is 16.0. The van der Waals surface area contributed by atoms with Gasteiger partial charge in [-0.25, -0.2) is 4.79 Å². The minimum absolute atomic E-state index is 1.37. The van der Waals surface area contributed by atoms with Crippen LogP contribution in [0.2, 0.25) is 0 Å². The van der Waals surface area contributed by atoms with Gasteiger partial charge in [-0.1, -0.05) is 110 Å². The molecule has 0 aromatic heterocycles. The van der Waals surface area contributed by atoms with Crippen molar-refractivity contribution in [2.24, 2.45) is 0 Å². The van der Waals surface area contributed by atoms with E-state index in [-0.39, 0.29) is 0 Å². The Bertz CT molecular complexity index is 197. The molecule has 0 fully saturated rings. The quantitative estimate of drug-likeness (QED) is 0.266. The van der Waals surface area contributed by atoms with E-state index in [2.05, 4.69) is 20.4 Å². The van der Waals surface area contributed by atoms with Gasteiger partial charge in [-0.05, 0) is 6.92 Å². The summed E-state index contributed by atoms with van der Waals surface area (Å²) in [6.07, 6.45) is 20.3. The molecule has 0 aromatic carbocycles. The highest BCUT2D eigenvalue weighted by atomic mass is 16.6. The van der Waals surface area contributed by atoms with Crippen LogP contribution in [0.4, 0.5) is 4.79 Å². The first-order valence-electron chi connectivity index (χ1n) is 9.55. The number of carbonyl (C=O) groups is 1. The van der Waals surface area contributed by atoms with E-state index < -0.39 is 6.16 Å². The highest BCUT2D eigenvalue weighted by Crippen LogP contribution is 2.12. The van der Waals surface area contributed by atoms with Crippen LogP contribution >= 0.6 is 0 Å². The van der Waals surface area contributed by atoms with Crippen molar-refractivity contribution in [1.29, 1.82) is 0 Å². The Hall–Kier alpha value is -0.990. The van der Waals surface area contributed by atoms with Gasteiger partial charge < -0.3 is 10.2 Å². The van der Waals surface area contributed by atoms with Gasteiger partial charge in [-0.2, -0.15) is 0 Å². The van der Waals surface area contributed by atoms with Crippen LogP contribution in [0.3, 0.4) is 0 Å². The highest BCUT2D eigenvalue weighted by Gasteiger charge is 1.92. The molecule has 0 unspecified atom stereocenters. The standard InChI is InChI=1S/C16H34.C3H6.CH2O3/c1-3-5-7-9-11-13-15-16-14-12-10-8-6-4-2;1-3-2;2-1(3)4/h3-16H2,1-2H3;3H,1H2,2H3;(H2,2,3,4). The van der Waals surface area contributed by atoms with Crippen molar-refractivity contribution in [2.75, 3.05) is 0 Å². The van der Waals surface area contributed by atoms with E-state index in [1.807, 2.05) is 6.92 Å². The Kier molecular flexibility index (Phi) is 34.0. The van der Waals surface area contributed by atoms with Gasteiger partial charge in [-0.15, -0.1) is 6.58 Å². The number of unbranched alkanes of at least 4 members (excludes halogenated alkanes) is 13. The van der Waals surface area contributed by atoms with Crippen LogP contribution in [-0.2, 0) is 0 Å². The van der Waals surface area contributed by atoms with Crippen molar-refractivity contribution < 1.29 is 15.0 Å². The molecule has 0 saturated carbocycles. The van der Waals surface area contributed by atoms with Crippen molar-refractivity contribution in [3.63, 3.8) is 0 Å². The van der Waals surface area contributed by atoms with Gasteiger partial charge in [0.15, 0.2) is 0 Å². The predicted molar refractivity (Wildman–Crippen MR) is 103 cm³/mol. The topological polar surface area (TPSA) is 57.5 Å². The third kappa shape index (κ3) is 52.6. The molecule has 3 heteroatoms. The zero-order chi connectivity index (χ0) is 18.2. The number of rotatable bonds is 13. The molecule has 0 aliphatic carbocycles. The average molecular weight is 331 g/mol. The smallest absolute Gasteiger partial charge is 0.450 e. The first kappa shape index (κ1) is 26.9. The maximum Gasteiger partial charge on any atom is 0.503 e. The summed E-state index contributed by atoms with van der Waals surface area (Å²) < 4.78 is 0. The molecular weight excluding hydrogens is 288 g/mol. The van der Waals surface area contributed by atoms with E-state index in [4.69, 9.17) is 15.0 Å². The highest BCUT2D eigenvalue weighted by molar-refractivity contribution is 5.53. The van der Waals surface area contributed by atoms with Crippen LogP contribution in [0.1, 0.15) is 111 Å². The van der Waals surface area contributed by atoms with Gasteiger partial charge >= 0.3 is 6.16 Å². The predicted octanol–water partition coefficient (Wildman–Crippen LogP) is 7.90. The Balaban J connectivity index is -0.000000480. The summed E-state index contributed by atoms with van der Waals surface area (Å²) in [7, 11) is 0. The molecular formula is C20H42O3. The number of allylic oxidation sites excluding steroid dienone is 1. The zero-order valence-corrected chi connectivity index (χ0v) is 16.0. The largest absolute Gasteiger partial charge is 0.503 e. The third-order valence-corrected chi connectivity index (χ3v) is 3.46. The van der Waals surface area contributed by atoms with Gasteiger partial charge in [-0.3, -0.25) is 0 Å². The molecule has 0 aliphatic heterocycles. The molecule has 0 bridgehead atoms. The lowest BCUT2D eigenvalue weighted by atomic mass is 10.0. The number of hydrogen-bond acceptors (Lipinski definition) is 1. The van der Waals surface area contributed by atoms with E-state index in [0.29, 0.717) is 0 Å². The first-order valence-corrected chi connectivity index (χ1v) is 9.55. The van der Waals surface area contributed by atoms with Crippen LogP contribution in [0, 0.1) is 0 Å². The summed E-state index contributed by atoms with van der Waals surface area (Å²) >= 11 is 0. The molecule has 140 valence electrons. The average Bonchev–Trinajstić information content (AvgIpc) is 2.49. The fourth-order valence-electron chi connectivity index (χ4n) is 2.27. The molecule has 23 heavy (non-hydrogen) atoms. The minimum atomic E-state index is -1.83. The molecule has 0 rings (SSSR count). The lowest BCUT2D eigenvalue weighted by molar-refractivity contribution is 0.137. The summed E-state index contributed by atoms with van der Waals surface area (Å²) in [5.74, 6) is 0. The van der Waals surface area contributed by atoms with E-state index in [1.54, 1.807) is 6.08 Å². The molecule has 2 N–H and O–H groups in total. The Morgan fingerprint density at radius 1 is 0.696 bits per heavy atom. The fraction of sp³-hybridized carbons (Fsp3) is 0.850. The molecule has 0 heterocycles. The summed E-state index contributed by atoms with van der Waals surface area (Å²) in [5.41, 5.74) is 0. The summed E-state index contributed by atoms with van der Waals surface area (Å²) in [6.45, 7) is 9.83. The van der Waals surface area contributed by atoms with Crippen molar-refractivity contribution in [3.05, 3.63) is 12.7 Å². The van der Waals surface area contributed by atoms with Gasteiger partial charge in [0.1, 0.15) is 0 Å². The van der Waals surface area contributed by atoms with Crippen molar-refractivity contribution in [3.8, 4) is 0 Å². The van der Waals surface area contributed by atoms with Crippen molar-refractivity contribution in [2.45, 2.75) is 111 Å². The lowest BCUT2D eigenvalue weighted by Crippen LogP contribution is -1.82. The molecule has 0 aliphatic rings. The van der Waals surface area contributed by atoms with Crippen LogP contribution in [-0.4, -0.2) is 16.4 Å². The molecule has 3 nitrogen and oxygen atoms in total. The van der Waals surface area contributed by atoms with E-state index in [9.17, 15) is 0 Å². The van der Waals surface area contributed by atoms with Crippen LogP contribution in [0.25, 0.3) is 0 Å².